The summed E-state index contributed by atoms with van der Waals surface area (Å²) >= 11 is 0. The van der Waals surface area contributed by atoms with Gasteiger partial charge in [-0.2, -0.15) is 0 Å². The van der Waals surface area contributed by atoms with Gasteiger partial charge in [0.15, 0.2) is 0 Å². The Bertz CT molecular complexity index is 247. The maximum Gasteiger partial charge on any atom is 0.423 e. The van der Waals surface area contributed by atoms with Crippen LogP contribution in [0.15, 0.2) is 0 Å². The summed E-state index contributed by atoms with van der Waals surface area (Å²) in [5.74, 6) is -3.95. The van der Waals surface area contributed by atoms with E-state index in [4.69, 9.17) is 14.2 Å². The van der Waals surface area contributed by atoms with Gasteiger partial charge in [-0.15, -0.1) is 0 Å². The first-order chi connectivity index (χ1) is 7.31. The van der Waals surface area contributed by atoms with Gasteiger partial charge >= 0.3 is 23.9 Å². The first-order valence-corrected chi connectivity index (χ1v) is 6.31. The molecule has 0 radical (unpaired) electrons. The summed E-state index contributed by atoms with van der Waals surface area (Å²) in [5, 5.41) is 0. The van der Waals surface area contributed by atoms with Crippen LogP contribution < -0.4 is 0 Å². The van der Waals surface area contributed by atoms with Crippen molar-refractivity contribution >= 4 is 28.2 Å². The van der Waals surface area contributed by atoms with Crippen LogP contribution in [-0.4, -0.2) is 34.1 Å². The average molecular weight is 248 g/mol. The van der Waals surface area contributed by atoms with Crippen LogP contribution in [-0.2, 0) is 28.6 Å². The summed E-state index contributed by atoms with van der Waals surface area (Å²) in [6, 6.07) is 0.647. The molecule has 0 spiro atoms. The van der Waals surface area contributed by atoms with Crippen LogP contribution in [0.2, 0.25) is 6.04 Å². The summed E-state index contributed by atoms with van der Waals surface area (Å²) in [6.45, 7) is 3.44. The lowest BCUT2D eigenvalue weighted by atomic mass is 10.4. The number of ether oxygens (including phenoxy) is 3. The van der Waals surface area contributed by atoms with E-state index >= 15 is 0 Å². The first-order valence-electron chi connectivity index (χ1n) is 4.90. The van der Waals surface area contributed by atoms with Gasteiger partial charge in [-0.05, 0) is 0 Å². The number of hydrogen-bond acceptors (Lipinski definition) is 6. The molecule has 0 saturated heterocycles. The quantitative estimate of drug-likeness (QED) is 0.371. The van der Waals surface area contributed by atoms with E-state index in [1.807, 2.05) is 0 Å². The Hall–Kier alpha value is -1.37. The molecule has 16 heavy (non-hydrogen) atoms. The minimum Gasteiger partial charge on any atom is -0.388 e. The predicted octanol–water partition coefficient (Wildman–Crippen LogP) is -0.497. The number of carbonyl (C=O) groups excluding carboxylic acids is 3. The monoisotopic (exact) mass is 248 g/mol. The van der Waals surface area contributed by atoms with Crippen molar-refractivity contribution < 1.29 is 28.6 Å². The SMILES string of the molecule is CC(=O)OC(CC[SiH3])(OC(C)=O)OC(C)=O. The van der Waals surface area contributed by atoms with Crippen molar-refractivity contribution in [2.75, 3.05) is 0 Å². The van der Waals surface area contributed by atoms with Crippen LogP contribution in [0.25, 0.3) is 0 Å². The highest BCUT2D eigenvalue weighted by molar-refractivity contribution is 6.08. The fourth-order valence-corrected chi connectivity index (χ4v) is 1.79. The molecule has 0 atom stereocenters. The van der Waals surface area contributed by atoms with Gasteiger partial charge in [-0.3, -0.25) is 14.4 Å². The smallest absolute Gasteiger partial charge is 0.388 e. The number of carbonyl (C=O) groups is 3. The van der Waals surface area contributed by atoms with E-state index in [1.165, 1.54) is 0 Å². The molecule has 0 rings (SSSR count). The second-order valence-corrected chi connectivity index (χ2v) is 4.21. The Morgan fingerprint density at radius 2 is 1.25 bits per heavy atom. The van der Waals surface area contributed by atoms with Crippen molar-refractivity contribution in [2.24, 2.45) is 0 Å². The molecule has 6 nitrogen and oxygen atoms in total. The second kappa shape index (κ2) is 6.26. The highest BCUT2D eigenvalue weighted by atomic mass is 28.1. The van der Waals surface area contributed by atoms with Crippen LogP contribution in [0.4, 0.5) is 0 Å². The van der Waals surface area contributed by atoms with Crippen molar-refractivity contribution in [3.63, 3.8) is 0 Å². The maximum atomic E-state index is 10.9. The molecule has 7 heteroatoms. The third kappa shape index (κ3) is 5.49. The van der Waals surface area contributed by atoms with E-state index in [-0.39, 0.29) is 6.42 Å². The largest absolute Gasteiger partial charge is 0.423 e. The summed E-state index contributed by atoms with van der Waals surface area (Å²) in [7, 11) is 0.797. The van der Waals surface area contributed by atoms with E-state index in [0.717, 1.165) is 31.0 Å². The molecule has 0 aromatic rings. The van der Waals surface area contributed by atoms with Gasteiger partial charge in [-0.1, -0.05) is 6.04 Å². The van der Waals surface area contributed by atoms with Crippen molar-refractivity contribution in [2.45, 2.75) is 39.2 Å². The Morgan fingerprint density at radius 3 is 1.44 bits per heavy atom. The van der Waals surface area contributed by atoms with E-state index < -0.39 is 23.9 Å². The summed E-state index contributed by atoms with van der Waals surface area (Å²) < 4.78 is 14.4. The molecule has 0 N–H and O–H groups in total. The van der Waals surface area contributed by atoms with Gasteiger partial charge in [0, 0.05) is 31.0 Å². The van der Waals surface area contributed by atoms with Gasteiger partial charge in [-0.25, -0.2) is 0 Å². The Labute approximate surface area is 96.7 Å². The topological polar surface area (TPSA) is 78.9 Å². The third-order valence-corrected chi connectivity index (χ3v) is 1.95. The Morgan fingerprint density at radius 1 is 0.938 bits per heavy atom. The molecule has 0 unspecified atom stereocenters. The molecular weight excluding hydrogens is 232 g/mol. The zero-order chi connectivity index (χ0) is 12.8. The normalized spacial score (nSPS) is 10.7. The van der Waals surface area contributed by atoms with E-state index in [2.05, 4.69) is 0 Å². The van der Waals surface area contributed by atoms with Crippen LogP contribution in [0.3, 0.4) is 0 Å². The number of esters is 3. The first kappa shape index (κ1) is 14.6. The van der Waals surface area contributed by atoms with Gasteiger partial charge in [0.25, 0.3) is 0 Å². The fourth-order valence-electron chi connectivity index (χ4n) is 1.18. The van der Waals surface area contributed by atoms with Gasteiger partial charge in [0.05, 0.1) is 6.42 Å². The standard InChI is InChI=1S/C9H16O6Si/c1-6(10)13-9(4-5-16,14-7(2)11)15-8(3)12/h4-5H2,1-3,16H3. The highest BCUT2D eigenvalue weighted by Crippen LogP contribution is 2.22. The van der Waals surface area contributed by atoms with Gasteiger partial charge < -0.3 is 14.2 Å². The molecule has 0 aromatic carbocycles. The van der Waals surface area contributed by atoms with Crippen LogP contribution in [0.5, 0.6) is 0 Å². The molecule has 0 saturated carbocycles. The number of rotatable bonds is 5. The Kier molecular flexibility index (Phi) is 5.72. The van der Waals surface area contributed by atoms with E-state index in [1.54, 1.807) is 0 Å². The molecule has 0 aliphatic heterocycles. The second-order valence-electron chi connectivity index (χ2n) is 3.21. The predicted molar refractivity (Wildman–Crippen MR) is 57.4 cm³/mol. The molecule has 0 aromatic heterocycles. The summed E-state index contributed by atoms with van der Waals surface area (Å²) in [6.07, 6.45) is 0.151. The molecule has 0 bridgehead atoms. The van der Waals surface area contributed by atoms with Crippen LogP contribution >= 0.6 is 0 Å². The van der Waals surface area contributed by atoms with E-state index in [0.29, 0.717) is 6.04 Å². The highest BCUT2D eigenvalue weighted by Gasteiger charge is 2.40. The van der Waals surface area contributed by atoms with Crippen molar-refractivity contribution in [3.05, 3.63) is 0 Å². The lowest BCUT2D eigenvalue weighted by Gasteiger charge is -2.29. The molecule has 92 valence electrons. The van der Waals surface area contributed by atoms with Crippen LogP contribution in [0, 0.1) is 0 Å². The zero-order valence-electron chi connectivity index (χ0n) is 9.86. The molecule has 0 heterocycles. The summed E-state index contributed by atoms with van der Waals surface area (Å²) in [4.78, 5) is 32.7. The average Bonchev–Trinajstić information content (AvgIpc) is 1.98. The minimum atomic E-state index is -1.90. The lowest BCUT2D eigenvalue weighted by molar-refractivity contribution is -0.328. The molecule has 0 fully saturated rings. The lowest BCUT2D eigenvalue weighted by Crippen LogP contribution is -2.43. The molecule has 0 aliphatic carbocycles. The Balaban J connectivity index is 4.93. The van der Waals surface area contributed by atoms with Gasteiger partial charge in [0.2, 0.25) is 0 Å². The van der Waals surface area contributed by atoms with Crippen molar-refractivity contribution in [3.8, 4) is 0 Å². The molecule has 0 amide bonds. The summed E-state index contributed by atoms with van der Waals surface area (Å²) in [5.41, 5.74) is 0. The van der Waals surface area contributed by atoms with Crippen molar-refractivity contribution in [1.82, 2.24) is 0 Å². The van der Waals surface area contributed by atoms with Crippen LogP contribution in [0.1, 0.15) is 27.2 Å². The number of hydrogen-bond donors (Lipinski definition) is 0. The molecule has 0 aliphatic rings. The zero-order valence-corrected chi connectivity index (χ0v) is 11.9. The third-order valence-electron chi connectivity index (χ3n) is 1.45. The molecular formula is C9H16O6Si. The van der Waals surface area contributed by atoms with Crippen molar-refractivity contribution in [1.29, 1.82) is 0 Å². The maximum absolute atomic E-state index is 10.9. The minimum absolute atomic E-state index is 0.151. The fraction of sp³-hybridized carbons (Fsp3) is 0.667. The van der Waals surface area contributed by atoms with E-state index in [9.17, 15) is 14.4 Å². The van der Waals surface area contributed by atoms with Gasteiger partial charge in [0.1, 0.15) is 0 Å².